The van der Waals surface area contributed by atoms with E-state index in [-0.39, 0.29) is 5.92 Å². The zero-order chi connectivity index (χ0) is 14.3. The Morgan fingerprint density at radius 3 is 2.37 bits per heavy atom. The summed E-state index contributed by atoms with van der Waals surface area (Å²) in [5.41, 5.74) is 0. The Kier molecular flexibility index (Phi) is 7.39. The van der Waals surface area contributed by atoms with E-state index in [1.165, 1.54) is 25.9 Å². The van der Waals surface area contributed by atoms with Crippen LogP contribution < -0.4 is 0 Å². The van der Waals surface area contributed by atoms with Gasteiger partial charge >= 0.3 is 5.97 Å². The van der Waals surface area contributed by atoms with Gasteiger partial charge in [0, 0.05) is 19.6 Å². The van der Waals surface area contributed by atoms with Gasteiger partial charge in [0.15, 0.2) is 0 Å². The molecule has 1 aliphatic heterocycles. The molecule has 0 aromatic rings. The molecule has 0 radical (unpaired) electrons. The Bertz CT molecular complexity index is 263. The molecule has 112 valence electrons. The van der Waals surface area contributed by atoms with Crippen molar-refractivity contribution in [3.63, 3.8) is 0 Å². The maximum Gasteiger partial charge on any atom is 0.307 e. The van der Waals surface area contributed by atoms with Gasteiger partial charge in [-0.1, -0.05) is 20.8 Å². The maximum absolute atomic E-state index is 11.0. The van der Waals surface area contributed by atoms with E-state index < -0.39 is 5.97 Å². The van der Waals surface area contributed by atoms with Gasteiger partial charge < -0.3 is 14.9 Å². The molecule has 0 bridgehead atoms. The molecule has 1 atom stereocenters. The number of carbonyl (C=O) groups is 1. The van der Waals surface area contributed by atoms with Gasteiger partial charge in [0.05, 0.1) is 5.92 Å². The second-order valence-corrected chi connectivity index (χ2v) is 6.27. The summed E-state index contributed by atoms with van der Waals surface area (Å²) < 4.78 is 0. The van der Waals surface area contributed by atoms with Gasteiger partial charge in [0.25, 0.3) is 0 Å². The van der Waals surface area contributed by atoms with E-state index in [0.717, 1.165) is 26.1 Å². The number of hydrogen-bond acceptors (Lipinski definition) is 3. The Morgan fingerprint density at radius 1 is 1.21 bits per heavy atom. The smallest absolute Gasteiger partial charge is 0.307 e. The first-order valence-electron chi connectivity index (χ1n) is 7.66. The minimum atomic E-state index is -0.685. The number of carboxylic acid groups (broad SMARTS) is 1. The lowest BCUT2D eigenvalue weighted by Crippen LogP contribution is -2.38. The Morgan fingerprint density at radius 2 is 1.84 bits per heavy atom. The van der Waals surface area contributed by atoms with Gasteiger partial charge in [0.2, 0.25) is 0 Å². The minimum absolute atomic E-state index is 0.272. The van der Waals surface area contributed by atoms with Crippen molar-refractivity contribution >= 4 is 5.97 Å². The first-order valence-corrected chi connectivity index (χ1v) is 7.66. The van der Waals surface area contributed by atoms with Crippen LogP contribution in [-0.2, 0) is 4.79 Å². The second kappa shape index (κ2) is 8.54. The number of hydrogen-bond donors (Lipinski definition) is 1. The van der Waals surface area contributed by atoms with Gasteiger partial charge in [0.1, 0.15) is 0 Å². The monoisotopic (exact) mass is 270 g/mol. The van der Waals surface area contributed by atoms with Crippen molar-refractivity contribution in [3.8, 4) is 0 Å². The van der Waals surface area contributed by atoms with Crippen LogP contribution in [0.3, 0.4) is 0 Å². The van der Waals surface area contributed by atoms with Crippen LogP contribution in [0.4, 0.5) is 0 Å². The van der Waals surface area contributed by atoms with E-state index in [4.69, 9.17) is 5.11 Å². The molecule has 1 heterocycles. The van der Waals surface area contributed by atoms with Crippen LogP contribution in [0, 0.1) is 11.8 Å². The van der Waals surface area contributed by atoms with Crippen molar-refractivity contribution in [2.45, 2.75) is 40.0 Å². The van der Waals surface area contributed by atoms with Crippen LogP contribution in [0.25, 0.3) is 0 Å². The number of likely N-dealkylation sites (tertiary alicyclic amines) is 1. The number of carboxylic acids is 1. The summed E-state index contributed by atoms with van der Waals surface area (Å²) in [4.78, 5) is 15.8. The summed E-state index contributed by atoms with van der Waals surface area (Å²) in [6, 6.07) is 0. The summed E-state index contributed by atoms with van der Waals surface area (Å²) >= 11 is 0. The molecule has 0 spiro atoms. The standard InChI is InChI=1S/C15H30N2O2/c1-13(2)6-9-17(12-14(3)15(18)19)11-10-16-7-4-5-8-16/h13-14H,4-12H2,1-3H3,(H,18,19). The highest BCUT2D eigenvalue weighted by Gasteiger charge is 2.18. The van der Waals surface area contributed by atoms with E-state index in [0.29, 0.717) is 12.5 Å². The second-order valence-electron chi connectivity index (χ2n) is 6.27. The van der Waals surface area contributed by atoms with Crippen LogP contribution in [0.5, 0.6) is 0 Å². The van der Waals surface area contributed by atoms with Crippen molar-refractivity contribution < 1.29 is 9.90 Å². The first kappa shape index (κ1) is 16.4. The molecule has 1 rings (SSSR count). The van der Waals surface area contributed by atoms with E-state index in [1.54, 1.807) is 6.92 Å². The van der Waals surface area contributed by atoms with Gasteiger partial charge in [-0.3, -0.25) is 4.79 Å². The fourth-order valence-electron chi connectivity index (χ4n) is 2.49. The van der Waals surface area contributed by atoms with Crippen LogP contribution in [0.2, 0.25) is 0 Å². The fraction of sp³-hybridized carbons (Fsp3) is 0.933. The van der Waals surface area contributed by atoms with Gasteiger partial charge in [-0.2, -0.15) is 0 Å². The molecular weight excluding hydrogens is 240 g/mol. The molecule has 1 N–H and O–H groups in total. The normalized spacial score (nSPS) is 18.4. The third kappa shape index (κ3) is 6.92. The fourth-order valence-corrected chi connectivity index (χ4v) is 2.49. The molecule has 0 aromatic heterocycles. The predicted molar refractivity (Wildman–Crippen MR) is 78.4 cm³/mol. The molecule has 0 aromatic carbocycles. The average Bonchev–Trinajstić information content (AvgIpc) is 2.85. The van der Waals surface area contributed by atoms with Gasteiger partial charge in [-0.25, -0.2) is 0 Å². The van der Waals surface area contributed by atoms with Crippen LogP contribution in [0.15, 0.2) is 0 Å². The molecule has 1 unspecified atom stereocenters. The average molecular weight is 270 g/mol. The predicted octanol–water partition coefficient (Wildman–Crippen LogP) is 2.15. The third-order valence-electron chi connectivity index (χ3n) is 3.91. The van der Waals surface area contributed by atoms with Gasteiger partial charge in [-0.15, -0.1) is 0 Å². The van der Waals surface area contributed by atoms with Gasteiger partial charge in [-0.05, 0) is 44.8 Å². The highest BCUT2D eigenvalue weighted by molar-refractivity contribution is 5.69. The zero-order valence-corrected chi connectivity index (χ0v) is 12.8. The van der Waals surface area contributed by atoms with Crippen LogP contribution in [0.1, 0.15) is 40.0 Å². The Balaban J connectivity index is 2.35. The van der Waals surface area contributed by atoms with Crippen molar-refractivity contribution in [2.24, 2.45) is 11.8 Å². The van der Waals surface area contributed by atoms with Crippen molar-refractivity contribution in [2.75, 3.05) is 39.3 Å². The highest BCUT2D eigenvalue weighted by Crippen LogP contribution is 2.09. The molecule has 4 nitrogen and oxygen atoms in total. The molecule has 0 amide bonds. The SMILES string of the molecule is CC(C)CCN(CCN1CCCC1)CC(C)C(=O)O. The molecule has 0 aliphatic carbocycles. The minimum Gasteiger partial charge on any atom is -0.481 e. The molecule has 1 fully saturated rings. The Hall–Kier alpha value is -0.610. The van der Waals surface area contributed by atoms with E-state index in [2.05, 4.69) is 23.6 Å². The van der Waals surface area contributed by atoms with Crippen LogP contribution >= 0.6 is 0 Å². The molecule has 0 saturated carbocycles. The lowest BCUT2D eigenvalue weighted by Gasteiger charge is -2.27. The largest absolute Gasteiger partial charge is 0.481 e. The lowest BCUT2D eigenvalue weighted by atomic mass is 10.1. The summed E-state index contributed by atoms with van der Waals surface area (Å²) in [5.74, 6) is -0.282. The number of aliphatic carboxylic acids is 1. The van der Waals surface area contributed by atoms with E-state index in [1.807, 2.05) is 0 Å². The third-order valence-corrected chi connectivity index (χ3v) is 3.91. The first-order chi connectivity index (χ1) is 8.99. The van der Waals surface area contributed by atoms with Crippen molar-refractivity contribution in [1.82, 2.24) is 9.80 Å². The van der Waals surface area contributed by atoms with Crippen molar-refractivity contribution in [1.29, 1.82) is 0 Å². The molecular formula is C15H30N2O2. The zero-order valence-electron chi connectivity index (χ0n) is 12.8. The summed E-state index contributed by atoms with van der Waals surface area (Å²) in [7, 11) is 0. The maximum atomic E-state index is 11.0. The highest BCUT2D eigenvalue weighted by atomic mass is 16.4. The summed E-state index contributed by atoms with van der Waals surface area (Å²) in [6.45, 7) is 12.5. The van der Waals surface area contributed by atoms with Crippen LogP contribution in [-0.4, -0.2) is 60.1 Å². The molecule has 1 saturated heterocycles. The molecule has 19 heavy (non-hydrogen) atoms. The summed E-state index contributed by atoms with van der Waals surface area (Å²) in [6.07, 6.45) is 3.78. The molecule has 1 aliphatic rings. The quantitative estimate of drug-likeness (QED) is 0.697. The lowest BCUT2D eigenvalue weighted by molar-refractivity contribution is -0.141. The van der Waals surface area contributed by atoms with E-state index >= 15 is 0 Å². The Labute approximate surface area is 117 Å². The van der Waals surface area contributed by atoms with Crippen molar-refractivity contribution in [3.05, 3.63) is 0 Å². The molecule has 4 heteroatoms. The topological polar surface area (TPSA) is 43.8 Å². The number of nitrogens with zero attached hydrogens (tertiary/aromatic N) is 2. The van der Waals surface area contributed by atoms with E-state index in [9.17, 15) is 4.79 Å². The summed E-state index contributed by atoms with van der Waals surface area (Å²) in [5, 5.41) is 9.05. The number of rotatable bonds is 9.